The average Bonchev–Trinajstić information content (AvgIpc) is 3.06. The Labute approximate surface area is 140 Å². The van der Waals surface area contributed by atoms with Gasteiger partial charge in [0.15, 0.2) is 0 Å². The number of aromatic nitrogens is 3. The molecule has 3 heterocycles. The van der Waals surface area contributed by atoms with E-state index in [-0.39, 0.29) is 24.1 Å². The van der Waals surface area contributed by atoms with E-state index in [1.165, 1.54) is 6.07 Å². The number of ether oxygens (including phenoxy) is 1. The van der Waals surface area contributed by atoms with E-state index in [0.29, 0.717) is 18.8 Å². The lowest BCUT2D eigenvalue weighted by Crippen LogP contribution is -2.43. The van der Waals surface area contributed by atoms with Gasteiger partial charge in [-0.15, -0.1) is 0 Å². The summed E-state index contributed by atoms with van der Waals surface area (Å²) in [5.41, 5.74) is 0.793. The first-order chi connectivity index (χ1) is 11.5. The minimum atomic E-state index is -0.0724. The van der Waals surface area contributed by atoms with Crippen molar-refractivity contribution in [3.05, 3.63) is 46.6 Å². The molecule has 2 aromatic rings. The maximum absolute atomic E-state index is 12.2. The summed E-state index contributed by atoms with van der Waals surface area (Å²) in [6, 6.07) is 5.19. The van der Waals surface area contributed by atoms with Gasteiger partial charge in [0.1, 0.15) is 18.4 Å². The van der Waals surface area contributed by atoms with Crippen molar-refractivity contribution in [3.8, 4) is 5.75 Å². The van der Waals surface area contributed by atoms with Crippen molar-refractivity contribution in [2.24, 2.45) is 7.05 Å². The SMILES string of the molecule is Cc1cc(OC2CCN(C(=O)Cn3cccn3)CC2)cc(=O)n1C. The summed E-state index contributed by atoms with van der Waals surface area (Å²) in [5.74, 6) is 0.679. The largest absolute Gasteiger partial charge is 0.490 e. The van der Waals surface area contributed by atoms with Gasteiger partial charge in [0, 0.05) is 57.1 Å². The molecule has 0 atom stereocenters. The fourth-order valence-corrected chi connectivity index (χ4v) is 2.85. The van der Waals surface area contributed by atoms with Crippen molar-refractivity contribution in [3.63, 3.8) is 0 Å². The third kappa shape index (κ3) is 3.67. The molecule has 1 saturated heterocycles. The number of aryl methyl sites for hydroxylation is 1. The van der Waals surface area contributed by atoms with E-state index in [1.54, 1.807) is 34.8 Å². The Bertz CT molecular complexity index is 759. The molecule has 128 valence electrons. The number of nitrogens with zero attached hydrogens (tertiary/aromatic N) is 4. The topological polar surface area (TPSA) is 69.4 Å². The van der Waals surface area contributed by atoms with Crippen molar-refractivity contribution in [1.82, 2.24) is 19.2 Å². The lowest BCUT2D eigenvalue weighted by atomic mass is 10.1. The van der Waals surface area contributed by atoms with Crippen LogP contribution in [0.15, 0.2) is 35.4 Å². The van der Waals surface area contributed by atoms with E-state index in [0.717, 1.165) is 18.5 Å². The highest BCUT2D eigenvalue weighted by atomic mass is 16.5. The molecule has 1 fully saturated rings. The summed E-state index contributed by atoms with van der Waals surface area (Å²) < 4.78 is 9.16. The van der Waals surface area contributed by atoms with Crippen LogP contribution in [0.3, 0.4) is 0 Å². The van der Waals surface area contributed by atoms with Gasteiger partial charge < -0.3 is 14.2 Å². The van der Waals surface area contributed by atoms with Crippen LogP contribution in [-0.4, -0.2) is 44.3 Å². The summed E-state index contributed by atoms with van der Waals surface area (Å²) in [6.45, 7) is 3.47. The Hall–Kier alpha value is -2.57. The number of piperidine rings is 1. The van der Waals surface area contributed by atoms with E-state index in [9.17, 15) is 9.59 Å². The second-order valence-electron chi connectivity index (χ2n) is 6.13. The first-order valence-corrected chi connectivity index (χ1v) is 8.12. The molecule has 1 amide bonds. The lowest BCUT2D eigenvalue weighted by Gasteiger charge is -2.32. The summed E-state index contributed by atoms with van der Waals surface area (Å²) in [5, 5.41) is 4.06. The van der Waals surface area contributed by atoms with Gasteiger partial charge in [-0.1, -0.05) is 0 Å². The highest BCUT2D eigenvalue weighted by molar-refractivity contribution is 5.76. The monoisotopic (exact) mass is 330 g/mol. The van der Waals surface area contributed by atoms with Gasteiger partial charge >= 0.3 is 0 Å². The molecule has 7 heteroatoms. The molecule has 1 aliphatic heterocycles. The zero-order valence-electron chi connectivity index (χ0n) is 14.0. The third-order valence-electron chi connectivity index (χ3n) is 4.43. The highest BCUT2D eigenvalue weighted by Crippen LogP contribution is 2.19. The van der Waals surface area contributed by atoms with Gasteiger partial charge in [-0.3, -0.25) is 14.3 Å². The molecule has 0 aliphatic carbocycles. The maximum Gasteiger partial charge on any atom is 0.254 e. The van der Waals surface area contributed by atoms with Gasteiger partial charge in [0.25, 0.3) is 5.56 Å². The Morgan fingerprint density at radius 3 is 2.71 bits per heavy atom. The van der Waals surface area contributed by atoms with Crippen molar-refractivity contribution in [2.45, 2.75) is 32.4 Å². The number of hydrogen-bond acceptors (Lipinski definition) is 4. The van der Waals surface area contributed by atoms with Crippen molar-refractivity contribution in [2.75, 3.05) is 13.1 Å². The van der Waals surface area contributed by atoms with E-state index in [1.807, 2.05) is 17.9 Å². The highest BCUT2D eigenvalue weighted by Gasteiger charge is 2.24. The van der Waals surface area contributed by atoms with Crippen LogP contribution in [0.1, 0.15) is 18.5 Å². The minimum absolute atomic E-state index is 0.0326. The predicted octanol–water partition coefficient (Wildman–Crippen LogP) is 0.960. The Morgan fingerprint density at radius 2 is 2.08 bits per heavy atom. The molecule has 0 saturated carbocycles. The number of amides is 1. The van der Waals surface area contributed by atoms with Gasteiger partial charge in [0.05, 0.1) is 0 Å². The second-order valence-corrected chi connectivity index (χ2v) is 6.13. The molecule has 0 N–H and O–H groups in total. The van der Waals surface area contributed by atoms with E-state index >= 15 is 0 Å². The first kappa shape index (κ1) is 16.3. The van der Waals surface area contributed by atoms with Crippen LogP contribution in [0.5, 0.6) is 5.75 Å². The van der Waals surface area contributed by atoms with Crippen LogP contribution in [-0.2, 0) is 18.4 Å². The van der Waals surface area contributed by atoms with Crippen molar-refractivity contribution in [1.29, 1.82) is 0 Å². The molecule has 24 heavy (non-hydrogen) atoms. The number of rotatable bonds is 4. The average molecular weight is 330 g/mol. The van der Waals surface area contributed by atoms with Gasteiger partial charge in [-0.2, -0.15) is 5.10 Å². The maximum atomic E-state index is 12.2. The second kappa shape index (κ2) is 6.90. The number of likely N-dealkylation sites (tertiary alicyclic amines) is 1. The summed E-state index contributed by atoms with van der Waals surface area (Å²) >= 11 is 0. The molecule has 0 aromatic carbocycles. The van der Waals surface area contributed by atoms with Crippen LogP contribution < -0.4 is 10.3 Å². The standard InChI is InChI=1S/C17H22N4O3/c1-13-10-15(11-16(22)19(13)2)24-14-4-8-20(9-5-14)17(23)12-21-7-3-6-18-21/h3,6-7,10-11,14H,4-5,8-9,12H2,1-2H3. The number of carbonyl (C=O) groups is 1. The molecule has 0 bridgehead atoms. The number of hydrogen-bond donors (Lipinski definition) is 0. The Kier molecular flexibility index (Phi) is 4.69. The lowest BCUT2D eigenvalue weighted by molar-refractivity contribution is -0.133. The van der Waals surface area contributed by atoms with Gasteiger partial charge in [-0.25, -0.2) is 0 Å². The van der Waals surface area contributed by atoms with Gasteiger partial charge in [0.2, 0.25) is 5.91 Å². The van der Waals surface area contributed by atoms with E-state index in [2.05, 4.69) is 5.10 Å². The third-order valence-corrected chi connectivity index (χ3v) is 4.43. The normalized spacial score (nSPS) is 15.5. The van der Waals surface area contributed by atoms with Crippen LogP contribution >= 0.6 is 0 Å². The minimum Gasteiger partial charge on any atom is -0.490 e. The Balaban J connectivity index is 1.53. The molecule has 1 aliphatic rings. The quantitative estimate of drug-likeness (QED) is 0.837. The molecule has 0 unspecified atom stereocenters. The summed E-state index contributed by atoms with van der Waals surface area (Å²) in [7, 11) is 1.74. The van der Waals surface area contributed by atoms with Crippen molar-refractivity contribution >= 4 is 5.91 Å². The smallest absolute Gasteiger partial charge is 0.254 e. The van der Waals surface area contributed by atoms with Crippen molar-refractivity contribution < 1.29 is 9.53 Å². The fraction of sp³-hybridized carbons (Fsp3) is 0.471. The Morgan fingerprint density at radius 1 is 1.33 bits per heavy atom. The van der Waals surface area contributed by atoms with Gasteiger partial charge in [-0.05, 0) is 19.1 Å². The van der Waals surface area contributed by atoms with E-state index < -0.39 is 0 Å². The van der Waals surface area contributed by atoms with Crippen LogP contribution in [0.4, 0.5) is 0 Å². The molecule has 7 nitrogen and oxygen atoms in total. The molecular formula is C17H22N4O3. The molecule has 0 spiro atoms. The zero-order valence-corrected chi connectivity index (χ0v) is 14.0. The zero-order chi connectivity index (χ0) is 17.1. The predicted molar refractivity (Wildman–Crippen MR) is 88.9 cm³/mol. The number of carbonyl (C=O) groups excluding carboxylic acids is 1. The van der Waals surface area contributed by atoms with E-state index in [4.69, 9.17) is 4.74 Å². The van der Waals surface area contributed by atoms with Crippen LogP contribution in [0, 0.1) is 6.92 Å². The summed E-state index contributed by atoms with van der Waals surface area (Å²) in [6.07, 6.45) is 5.01. The molecule has 0 radical (unpaired) electrons. The summed E-state index contributed by atoms with van der Waals surface area (Å²) in [4.78, 5) is 25.9. The number of pyridine rings is 1. The van der Waals surface area contributed by atoms with Crippen LogP contribution in [0.25, 0.3) is 0 Å². The van der Waals surface area contributed by atoms with Crippen LogP contribution in [0.2, 0.25) is 0 Å². The molecular weight excluding hydrogens is 308 g/mol. The molecule has 2 aromatic heterocycles. The fourth-order valence-electron chi connectivity index (χ4n) is 2.85. The molecule has 3 rings (SSSR count). The first-order valence-electron chi connectivity index (χ1n) is 8.12.